The Morgan fingerprint density at radius 3 is 2.39 bits per heavy atom. The van der Waals surface area contributed by atoms with Gasteiger partial charge in [0.15, 0.2) is 4.90 Å². The maximum Gasteiger partial charge on any atom is 0.289 e. The summed E-state index contributed by atoms with van der Waals surface area (Å²) in [5.74, 6) is -0.714. The van der Waals surface area contributed by atoms with Crippen molar-refractivity contribution in [3.8, 4) is 11.5 Å². The minimum atomic E-state index is -4.69. The van der Waals surface area contributed by atoms with Gasteiger partial charge in [-0.3, -0.25) is 24.0 Å². The van der Waals surface area contributed by atoms with E-state index in [9.17, 15) is 28.1 Å². The van der Waals surface area contributed by atoms with Crippen molar-refractivity contribution in [2.45, 2.75) is 4.90 Å². The molecule has 2 amide bonds. The normalized spacial score (nSPS) is 13.3. The standard InChI is InChI=1S/C27H28N4O9S/c1-38-19-11-12-22(24(17-19)39-2)30(41(36,37)25-10-6-5-9-23(25)31(34)35)18-26(32)28-21-8-4-3-7-20(21)27(33)29-13-15-40-16-14-29/h3-12,17H,13-16,18H2,1-2H3,(H,28,32). The lowest BCUT2D eigenvalue weighted by Gasteiger charge is -2.28. The van der Waals surface area contributed by atoms with E-state index in [1.165, 1.54) is 50.6 Å². The summed E-state index contributed by atoms with van der Waals surface area (Å²) in [5.41, 5.74) is -0.317. The summed E-state index contributed by atoms with van der Waals surface area (Å²) in [4.78, 5) is 38.4. The van der Waals surface area contributed by atoms with E-state index in [2.05, 4.69) is 5.32 Å². The predicted octanol–water partition coefficient (Wildman–Crippen LogP) is 2.92. The fraction of sp³-hybridized carbons (Fsp3) is 0.259. The van der Waals surface area contributed by atoms with E-state index < -0.39 is 38.0 Å². The van der Waals surface area contributed by atoms with Gasteiger partial charge in [0.2, 0.25) is 5.91 Å². The summed E-state index contributed by atoms with van der Waals surface area (Å²) in [6, 6.07) is 15.4. The van der Waals surface area contributed by atoms with Crippen LogP contribution in [0.2, 0.25) is 0 Å². The van der Waals surface area contributed by atoms with Gasteiger partial charge in [-0.25, -0.2) is 8.42 Å². The zero-order valence-corrected chi connectivity index (χ0v) is 23.1. The topological polar surface area (TPSA) is 158 Å². The third kappa shape index (κ3) is 6.39. The Morgan fingerprint density at radius 1 is 1.02 bits per heavy atom. The zero-order valence-electron chi connectivity index (χ0n) is 22.3. The molecule has 1 fully saturated rings. The molecule has 0 unspecified atom stereocenters. The van der Waals surface area contributed by atoms with Gasteiger partial charge in [0.25, 0.3) is 21.6 Å². The molecule has 0 radical (unpaired) electrons. The van der Waals surface area contributed by atoms with Crippen LogP contribution in [-0.2, 0) is 19.6 Å². The van der Waals surface area contributed by atoms with Crippen molar-refractivity contribution in [1.82, 2.24) is 4.90 Å². The van der Waals surface area contributed by atoms with E-state index in [1.807, 2.05) is 0 Å². The van der Waals surface area contributed by atoms with Crippen molar-refractivity contribution in [2.24, 2.45) is 0 Å². The number of nitro groups is 1. The number of nitrogens with zero attached hydrogens (tertiary/aromatic N) is 3. The van der Waals surface area contributed by atoms with Crippen LogP contribution in [0.25, 0.3) is 0 Å². The number of ether oxygens (including phenoxy) is 3. The molecule has 0 aromatic heterocycles. The molecule has 1 heterocycles. The van der Waals surface area contributed by atoms with Gasteiger partial charge in [0, 0.05) is 25.2 Å². The fourth-order valence-corrected chi connectivity index (χ4v) is 5.86. The average molecular weight is 585 g/mol. The van der Waals surface area contributed by atoms with Crippen LogP contribution in [0.5, 0.6) is 11.5 Å². The van der Waals surface area contributed by atoms with E-state index in [0.717, 1.165) is 16.4 Å². The van der Waals surface area contributed by atoms with E-state index in [4.69, 9.17) is 14.2 Å². The number of hydrogen-bond acceptors (Lipinski definition) is 9. The Balaban J connectivity index is 1.73. The third-order valence-corrected chi connectivity index (χ3v) is 8.11. The molecule has 4 rings (SSSR count). The second kappa shape index (κ2) is 12.7. The molecule has 0 bridgehead atoms. The quantitative estimate of drug-likeness (QED) is 0.279. The van der Waals surface area contributed by atoms with Crippen LogP contribution >= 0.6 is 0 Å². The summed E-state index contributed by atoms with van der Waals surface area (Å²) in [5, 5.41) is 14.3. The van der Waals surface area contributed by atoms with Crippen LogP contribution < -0.4 is 19.1 Å². The number of nitro benzene ring substituents is 1. The van der Waals surface area contributed by atoms with Gasteiger partial charge >= 0.3 is 0 Å². The highest BCUT2D eigenvalue weighted by atomic mass is 32.2. The van der Waals surface area contributed by atoms with Crippen molar-refractivity contribution < 1.29 is 37.1 Å². The molecule has 3 aromatic rings. The Labute approximate surface area is 236 Å². The molecule has 1 N–H and O–H groups in total. The first-order valence-corrected chi connectivity index (χ1v) is 13.9. The average Bonchev–Trinajstić information content (AvgIpc) is 2.99. The molecule has 0 spiro atoms. The Hall–Kier alpha value is -4.69. The maximum absolute atomic E-state index is 13.9. The minimum Gasteiger partial charge on any atom is -0.497 e. The SMILES string of the molecule is COc1ccc(N(CC(=O)Nc2ccccc2C(=O)N2CCOCC2)S(=O)(=O)c2ccccc2[N+](=O)[O-])c(OC)c1. The Morgan fingerprint density at radius 2 is 1.71 bits per heavy atom. The smallest absolute Gasteiger partial charge is 0.289 e. The van der Waals surface area contributed by atoms with Crippen molar-refractivity contribution in [2.75, 3.05) is 56.7 Å². The van der Waals surface area contributed by atoms with Crippen LogP contribution in [0, 0.1) is 10.1 Å². The molecule has 216 valence electrons. The highest BCUT2D eigenvalue weighted by Crippen LogP contribution is 2.37. The van der Waals surface area contributed by atoms with E-state index in [1.54, 1.807) is 23.1 Å². The second-order valence-corrected chi connectivity index (χ2v) is 10.6. The number of morpholine rings is 1. The molecule has 14 heteroatoms. The molecule has 1 aliphatic heterocycles. The molecule has 13 nitrogen and oxygen atoms in total. The van der Waals surface area contributed by atoms with E-state index >= 15 is 0 Å². The van der Waals surface area contributed by atoms with Crippen molar-refractivity contribution in [3.05, 3.63) is 82.4 Å². The van der Waals surface area contributed by atoms with E-state index in [0.29, 0.717) is 32.1 Å². The number of sulfonamides is 1. The Bertz CT molecular complexity index is 1560. The number of nitrogens with one attached hydrogen (secondary N) is 1. The zero-order chi connectivity index (χ0) is 29.6. The molecular weight excluding hydrogens is 556 g/mol. The summed E-state index contributed by atoms with van der Waals surface area (Å²) >= 11 is 0. The first-order chi connectivity index (χ1) is 19.7. The molecule has 1 saturated heterocycles. The number of para-hydroxylation sites is 2. The number of rotatable bonds is 10. The third-order valence-electron chi connectivity index (χ3n) is 6.30. The molecule has 41 heavy (non-hydrogen) atoms. The summed E-state index contributed by atoms with van der Waals surface area (Å²) in [7, 11) is -1.97. The predicted molar refractivity (Wildman–Crippen MR) is 149 cm³/mol. The maximum atomic E-state index is 13.9. The molecule has 3 aromatic carbocycles. The monoisotopic (exact) mass is 584 g/mol. The second-order valence-electron chi connectivity index (χ2n) is 8.77. The highest BCUT2D eigenvalue weighted by molar-refractivity contribution is 7.93. The lowest BCUT2D eigenvalue weighted by Crippen LogP contribution is -2.41. The number of anilines is 2. The van der Waals surface area contributed by atoms with E-state index in [-0.39, 0.29) is 28.6 Å². The number of carbonyl (C=O) groups excluding carboxylic acids is 2. The molecular formula is C27H28N4O9S. The van der Waals surface area contributed by atoms with Gasteiger partial charge in [-0.15, -0.1) is 0 Å². The van der Waals surface area contributed by atoms with Gasteiger partial charge in [0.05, 0.1) is 49.3 Å². The number of hydrogen-bond donors (Lipinski definition) is 1. The van der Waals surface area contributed by atoms with Crippen molar-refractivity contribution in [1.29, 1.82) is 0 Å². The van der Waals surface area contributed by atoms with Crippen LogP contribution in [-0.4, -0.2) is 77.1 Å². The summed E-state index contributed by atoms with van der Waals surface area (Å²) < 4.78 is 44.5. The van der Waals surface area contributed by atoms with Gasteiger partial charge in [-0.2, -0.15) is 0 Å². The first kappa shape index (κ1) is 29.3. The van der Waals surface area contributed by atoms with Gasteiger partial charge < -0.3 is 24.4 Å². The Kier molecular flexibility index (Phi) is 9.04. The first-order valence-electron chi connectivity index (χ1n) is 12.4. The van der Waals surface area contributed by atoms with Crippen LogP contribution in [0.1, 0.15) is 10.4 Å². The number of methoxy groups -OCH3 is 2. The molecule has 0 aliphatic carbocycles. The molecule has 0 atom stereocenters. The lowest BCUT2D eigenvalue weighted by molar-refractivity contribution is -0.387. The van der Waals surface area contributed by atoms with Gasteiger partial charge in [-0.1, -0.05) is 24.3 Å². The van der Waals surface area contributed by atoms with Gasteiger partial charge in [-0.05, 0) is 30.3 Å². The van der Waals surface area contributed by atoms with Crippen LogP contribution in [0.3, 0.4) is 0 Å². The highest BCUT2D eigenvalue weighted by Gasteiger charge is 2.35. The summed E-state index contributed by atoms with van der Waals surface area (Å²) in [6.45, 7) is 0.766. The van der Waals surface area contributed by atoms with Gasteiger partial charge in [0.1, 0.15) is 18.0 Å². The van der Waals surface area contributed by atoms with Crippen molar-refractivity contribution in [3.63, 3.8) is 0 Å². The molecule has 0 saturated carbocycles. The number of amides is 2. The fourth-order valence-electron chi connectivity index (χ4n) is 4.27. The molecule has 1 aliphatic rings. The largest absolute Gasteiger partial charge is 0.497 e. The minimum absolute atomic E-state index is 0.0437. The van der Waals surface area contributed by atoms with Crippen LogP contribution in [0.15, 0.2) is 71.6 Å². The lowest BCUT2D eigenvalue weighted by atomic mass is 10.1. The van der Waals surface area contributed by atoms with Crippen molar-refractivity contribution >= 4 is 38.9 Å². The number of benzene rings is 3. The number of carbonyl (C=O) groups is 2. The summed E-state index contributed by atoms with van der Waals surface area (Å²) in [6.07, 6.45) is 0. The van der Waals surface area contributed by atoms with Crippen LogP contribution in [0.4, 0.5) is 17.1 Å².